The largest absolute Gasteiger partial charge is 0.271 e. The van der Waals surface area contributed by atoms with Gasteiger partial charge in [0.1, 0.15) is 0 Å². The molecule has 1 aliphatic carbocycles. The summed E-state index contributed by atoms with van der Waals surface area (Å²) in [5, 5.41) is 0. The Morgan fingerprint density at radius 3 is 2.12 bits per heavy atom. The van der Waals surface area contributed by atoms with Crippen LogP contribution >= 0.6 is 0 Å². The number of nitrogens with two attached hydrogens (primary N) is 1. The van der Waals surface area contributed by atoms with E-state index >= 15 is 0 Å². The molecule has 0 saturated heterocycles. The molecule has 94 valence electrons. The van der Waals surface area contributed by atoms with Crippen molar-refractivity contribution in [2.45, 2.75) is 52.0 Å². The second kappa shape index (κ2) is 4.79. The van der Waals surface area contributed by atoms with Crippen LogP contribution in [-0.4, -0.2) is 0 Å². The summed E-state index contributed by atoms with van der Waals surface area (Å²) in [5.41, 5.74) is 5.84. The molecule has 0 bridgehead atoms. The number of hydrogen-bond donors (Lipinski definition) is 2. The van der Waals surface area contributed by atoms with Crippen LogP contribution in [-0.2, 0) is 0 Å². The molecule has 1 atom stereocenters. The van der Waals surface area contributed by atoms with Crippen molar-refractivity contribution in [2.24, 2.45) is 11.3 Å². The van der Waals surface area contributed by atoms with Crippen molar-refractivity contribution in [3.05, 3.63) is 35.4 Å². The van der Waals surface area contributed by atoms with Crippen molar-refractivity contribution in [1.82, 2.24) is 5.43 Å². The zero-order valence-corrected chi connectivity index (χ0v) is 11.2. The molecule has 0 spiro atoms. The van der Waals surface area contributed by atoms with E-state index < -0.39 is 0 Å². The molecule has 0 aliphatic heterocycles. The standard InChI is InChI=1S/C15H24N2/c1-15(2,3)14(17-16)13-9-7-12(8-10-13)11-5-4-6-11/h7-11,14,17H,4-6,16H2,1-3H3. The maximum Gasteiger partial charge on any atom is 0.0508 e. The number of rotatable bonds is 3. The van der Waals surface area contributed by atoms with Gasteiger partial charge in [0.15, 0.2) is 0 Å². The molecule has 17 heavy (non-hydrogen) atoms. The number of benzene rings is 1. The molecule has 1 aromatic carbocycles. The summed E-state index contributed by atoms with van der Waals surface area (Å²) in [7, 11) is 0. The van der Waals surface area contributed by atoms with Gasteiger partial charge in [0.05, 0.1) is 6.04 Å². The third kappa shape index (κ3) is 2.70. The molecule has 1 aromatic rings. The fourth-order valence-corrected chi connectivity index (χ4v) is 2.55. The molecule has 0 radical (unpaired) electrons. The summed E-state index contributed by atoms with van der Waals surface area (Å²) in [6, 6.07) is 9.20. The van der Waals surface area contributed by atoms with Gasteiger partial charge in [-0.15, -0.1) is 0 Å². The first-order chi connectivity index (χ1) is 8.02. The fourth-order valence-electron chi connectivity index (χ4n) is 2.55. The Kier molecular flexibility index (Phi) is 3.55. The summed E-state index contributed by atoms with van der Waals surface area (Å²) in [5.74, 6) is 6.48. The molecule has 1 fully saturated rings. The van der Waals surface area contributed by atoms with Crippen molar-refractivity contribution in [3.8, 4) is 0 Å². The van der Waals surface area contributed by atoms with Gasteiger partial charge in [0.25, 0.3) is 0 Å². The first kappa shape index (κ1) is 12.6. The Balaban J connectivity index is 2.15. The third-order valence-electron chi connectivity index (χ3n) is 3.88. The van der Waals surface area contributed by atoms with E-state index in [1.807, 2.05) is 0 Å². The van der Waals surface area contributed by atoms with Gasteiger partial charge in [-0.2, -0.15) is 0 Å². The maximum absolute atomic E-state index is 5.68. The van der Waals surface area contributed by atoms with Gasteiger partial charge < -0.3 is 0 Å². The molecule has 1 unspecified atom stereocenters. The average Bonchev–Trinajstić information content (AvgIpc) is 2.16. The first-order valence-electron chi connectivity index (χ1n) is 6.58. The van der Waals surface area contributed by atoms with E-state index in [9.17, 15) is 0 Å². The Hall–Kier alpha value is -0.860. The van der Waals surface area contributed by atoms with E-state index in [1.165, 1.54) is 30.4 Å². The van der Waals surface area contributed by atoms with Crippen molar-refractivity contribution in [1.29, 1.82) is 0 Å². The summed E-state index contributed by atoms with van der Waals surface area (Å²) in [6.07, 6.45) is 4.11. The molecule has 0 heterocycles. The van der Waals surface area contributed by atoms with E-state index in [4.69, 9.17) is 5.84 Å². The predicted molar refractivity (Wildman–Crippen MR) is 72.6 cm³/mol. The lowest BCUT2D eigenvalue weighted by Crippen LogP contribution is -2.36. The quantitative estimate of drug-likeness (QED) is 0.618. The predicted octanol–water partition coefficient (Wildman–Crippen LogP) is 3.50. The molecular weight excluding hydrogens is 208 g/mol. The fraction of sp³-hybridized carbons (Fsp3) is 0.600. The topological polar surface area (TPSA) is 38.0 Å². The summed E-state index contributed by atoms with van der Waals surface area (Å²) in [6.45, 7) is 6.62. The van der Waals surface area contributed by atoms with Crippen LogP contribution in [0.15, 0.2) is 24.3 Å². The minimum absolute atomic E-state index is 0.132. The van der Waals surface area contributed by atoms with Crippen LogP contribution in [0.5, 0.6) is 0 Å². The molecule has 0 aromatic heterocycles. The Labute approximate surface area is 105 Å². The van der Waals surface area contributed by atoms with Gasteiger partial charge in [-0.05, 0) is 35.3 Å². The van der Waals surface area contributed by atoms with E-state index in [-0.39, 0.29) is 11.5 Å². The van der Waals surface area contributed by atoms with Gasteiger partial charge in [-0.25, -0.2) is 0 Å². The van der Waals surface area contributed by atoms with Crippen LogP contribution < -0.4 is 11.3 Å². The van der Waals surface area contributed by atoms with Crippen LogP contribution in [0.3, 0.4) is 0 Å². The van der Waals surface area contributed by atoms with E-state index in [0.29, 0.717) is 0 Å². The average molecular weight is 232 g/mol. The van der Waals surface area contributed by atoms with Crippen molar-refractivity contribution in [3.63, 3.8) is 0 Å². The zero-order chi connectivity index (χ0) is 12.5. The Morgan fingerprint density at radius 1 is 1.18 bits per heavy atom. The molecule has 2 nitrogen and oxygen atoms in total. The van der Waals surface area contributed by atoms with E-state index in [2.05, 4.69) is 50.5 Å². The van der Waals surface area contributed by atoms with Crippen molar-refractivity contribution < 1.29 is 0 Å². The summed E-state index contributed by atoms with van der Waals surface area (Å²) >= 11 is 0. The summed E-state index contributed by atoms with van der Waals surface area (Å²) in [4.78, 5) is 0. The highest BCUT2D eigenvalue weighted by atomic mass is 15.2. The number of nitrogens with one attached hydrogen (secondary N) is 1. The highest BCUT2D eigenvalue weighted by Crippen LogP contribution is 2.37. The number of hydrazine groups is 1. The van der Waals surface area contributed by atoms with Crippen LogP contribution in [0.4, 0.5) is 0 Å². The van der Waals surface area contributed by atoms with Gasteiger partial charge in [-0.1, -0.05) is 51.5 Å². The molecule has 1 saturated carbocycles. The van der Waals surface area contributed by atoms with Crippen LogP contribution in [0.1, 0.15) is 63.1 Å². The van der Waals surface area contributed by atoms with E-state index in [1.54, 1.807) is 0 Å². The second-order valence-electron chi connectivity index (χ2n) is 6.26. The lowest BCUT2D eigenvalue weighted by atomic mass is 9.78. The van der Waals surface area contributed by atoms with Gasteiger partial charge in [0.2, 0.25) is 0 Å². The van der Waals surface area contributed by atoms with E-state index in [0.717, 1.165) is 5.92 Å². The number of hydrogen-bond acceptors (Lipinski definition) is 2. The monoisotopic (exact) mass is 232 g/mol. The summed E-state index contributed by atoms with van der Waals surface area (Å²) < 4.78 is 0. The lowest BCUT2D eigenvalue weighted by molar-refractivity contribution is 0.275. The van der Waals surface area contributed by atoms with Crippen molar-refractivity contribution in [2.75, 3.05) is 0 Å². The highest BCUT2D eigenvalue weighted by Gasteiger charge is 2.25. The zero-order valence-electron chi connectivity index (χ0n) is 11.2. The second-order valence-corrected chi connectivity index (χ2v) is 6.26. The third-order valence-corrected chi connectivity index (χ3v) is 3.88. The maximum atomic E-state index is 5.68. The molecule has 2 rings (SSSR count). The van der Waals surface area contributed by atoms with Gasteiger partial charge >= 0.3 is 0 Å². The molecular formula is C15H24N2. The normalized spacial score (nSPS) is 18.8. The lowest BCUT2D eigenvalue weighted by Gasteiger charge is -2.31. The first-order valence-corrected chi connectivity index (χ1v) is 6.58. The Morgan fingerprint density at radius 2 is 1.76 bits per heavy atom. The smallest absolute Gasteiger partial charge is 0.0508 e. The Bertz CT molecular complexity index is 358. The minimum atomic E-state index is 0.132. The van der Waals surface area contributed by atoms with Crippen LogP contribution in [0.25, 0.3) is 0 Å². The molecule has 3 N–H and O–H groups in total. The van der Waals surface area contributed by atoms with Crippen molar-refractivity contribution >= 4 is 0 Å². The minimum Gasteiger partial charge on any atom is -0.271 e. The van der Waals surface area contributed by atoms with Crippen LogP contribution in [0.2, 0.25) is 0 Å². The van der Waals surface area contributed by atoms with Gasteiger partial charge in [-0.3, -0.25) is 11.3 Å². The highest BCUT2D eigenvalue weighted by molar-refractivity contribution is 5.29. The molecule has 1 aliphatic rings. The van der Waals surface area contributed by atoms with Crippen LogP contribution in [0, 0.1) is 5.41 Å². The molecule has 2 heteroatoms. The molecule has 0 amide bonds. The van der Waals surface area contributed by atoms with Gasteiger partial charge in [0, 0.05) is 0 Å². The SMILES string of the molecule is CC(C)(C)C(NN)c1ccc(C2CCC2)cc1.